The molecular weight excluding hydrogens is 219 g/mol. The highest BCUT2D eigenvalue weighted by Gasteiger charge is 2.07. The molecule has 4 heteroatoms. The van der Waals surface area contributed by atoms with E-state index in [1.54, 1.807) is 19.1 Å². The Morgan fingerprint density at radius 2 is 1.82 bits per heavy atom. The van der Waals surface area contributed by atoms with E-state index in [-0.39, 0.29) is 11.4 Å². The molecule has 0 fully saturated rings. The third kappa shape index (κ3) is 2.41. The number of aromatic amines is 1. The molecule has 0 unspecified atom stereocenters. The zero-order valence-corrected chi connectivity index (χ0v) is 9.75. The Balaban J connectivity index is 2.34. The first-order valence-electron chi connectivity index (χ1n) is 5.37. The molecule has 0 saturated carbocycles. The van der Waals surface area contributed by atoms with Crippen LogP contribution < -0.4 is 5.56 Å². The van der Waals surface area contributed by atoms with Crippen molar-refractivity contribution >= 4 is 0 Å². The van der Waals surface area contributed by atoms with Gasteiger partial charge in [-0.2, -0.15) is 5.10 Å². The van der Waals surface area contributed by atoms with Crippen LogP contribution in [0, 0.1) is 19.7 Å². The molecule has 0 aliphatic heterocycles. The third-order valence-electron chi connectivity index (χ3n) is 2.91. The molecule has 0 atom stereocenters. The van der Waals surface area contributed by atoms with E-state index in [1.165, 1.54) is 12.1 Å². The Morgan fingerprint density at radius 3 is 2.47 bits per heavy atom. The van der Waals surface area contributed by atoms with Gasteiger partial charge >= 0.3 is 0 Å². The molecule has 3 nitrogen and oxygen atoms in total. The molecule has 1 heterocycles. The summed E-state index contributed by atoms with van der Waals surface area (Å²) in [6, 6.07) is 6.28. The lowest BCUT2D eigenvalue weighted by Crippen LogP contribution is -2.16. The van der Waals surface area contributed by atoms with Crippen LogP contribution in [0.4, 0.5) is 4.39 Å². The third-order valence-corrected chi connectivity index (χ3v) is 2.91. The summed E-state index contributed by atoms with van der Waals surface area (Å²) in [7, 11) is 0. The summed E-state index contributed by atoms with van der Waals surface area (Å²) in [5.41, 5.74) is 3.18. The largest absolute Gasteiger partial charge is 0.268 e. The van der Waals surface area contributed by atoms with E-state index in [0.29, 0.717) is 12.0 Å². The maximum Gasteiger partial charge on any atom is 0.267 e. The molecule has 1 aromatic carbocycles. The van der Waals surface area contributed by atoms with Crippen molar-refractivity contribution in [2.75, 3.05) is 0 Å². The number of aromatic nitrogens is 2. The lowest BCUT2D eigenvalue weighted by atomic mass is 10.0. The van der Waals surface area contributed by atoms with Crippen LogP contribution in [0.1, 0.15) is 22.4 Å². The summed E-state index contributed by atoms with van der Waals surface area (Å²) < 4.78 is 12.8. The molecule has 17 heavy (non-hydrogen) atoms. The number of nitrogens with one attached hydrogen (secondary N) is 1. The molecule has 0 aliphatic carbocycles. The van der Waals surface area contributed by atoms with Crippen molar-refractivity contribution in [1.29, 1.82) is 0 Å². The number of halogens is 1. The Kier molecular flexibility index (Phi) is 3.04. The van der Waals surface area contributed by atoms with Gasteiger partial charge in [0.2, 0.25) is 0 Å². The number of rotatable bonds is 2. The molecule has 2 aromatic rings. The SMILES string of the molecule is Cc1c(Cc2ccc(F)cc2)n[nH]c(=O)c1C. The summed E-state index contributed by atoms with van der Waals surface area (Å²) in [4.78, 5) is 11.3. The van der Waals surface area contributed by atoms with Gasteiger partial charge in [-0.3, -0.25) is 4.79 Å². The average Bonchev–Trinajstić information content (AvgIpc) is 2.33. The normalized spacial score (nSPS) is 10.5. The molecular formula is C13H13FN2O. The van der Waals surface area contributed by atoms with Gasteiger partial charge in [0.25, 0.3) is 5.56 Å². The highest BCUT2D eigenvalue weighted by Crippen LogP contribution is 2.12. The Morgan fingerprint density at radius 1 is 1.18 bits per heavy atom. The van der Waals surface area contributed by atoms with Crippen LogP contribution in [0.5, 0.6) is 0 Å². The van der Waals surface area contributed by atoms with Crippen LogP contribution in [0.2, 0.25) is 0 Å². The number of hydrogen-bond acceptors (Lipinski definition) is 2. The van der Waals surface area contributed by atoms with E-state index in [1.807, 2.05) is 6.92 Å². The standard InChI is InChI=1S/C13H13FN2O/c1-8-9(2)13(17)16-15-12(8)7-10-3-5-11(14)6-4-10/h3-6H,7H2,1-2H3,(H,16,17). The maximum absolute atomic E-state index is 12.8. The predicted molar refractivity (Wildman–Crippen MR) is 63.5 cm³/mol. The Labute approximate surface area is 98.3 Å². The molecule has 0 amide bonds. The van der Waals surface area contributed by atoms with E-state index in [2.05, 4.69) is 10.2 Å². The number of hydrogen-bond donors (Lipinski definition) is 1. The minimum atomic E-state index is -0.254. The fraction of sp³-hybridized carbons (Fsp3) is 0.231. The van der Waals surface area contributed by atoms with Gasteiger partial charge in [0.1, 0.15) is 5.82 Å². The Hall–Kier alpha value is -1.97. The van der Waals surface area contributed by atoms with Crippen molar-refractivity contribution in [3.05, 3.63) is 62.8 Å². The second-order valence-corrected chi connectivity index (χ2v) is 4.05. The van der Waals surface area contributed by atoms with Crippen LogP contribution >= 0.6 is 0 Å². The van der Waals surface area contributed by atoms with Crippen molar-refractivity contribution in [2.24, 2.45) is 0 Å². The van der Waals surface area contributed by atoms with Crippen molar-refractivity contribution < 1.29 is 4.39 Å². The van der Waals surface area contributed by atoms with Crippen LogP contribution in [0.3, 0.4) is 0 Å². The van der Waals surface area contributed by atoms with Crippen LogP contribution in [0.15, 0.2) is 29.1 Å². The van der Waals surface area contributed by atoms with Gasteiger partial charge in [-0.1, -0.05) is 12.1 Å². The van der Waals surface area contributed by atoms with E-state index >= 15 is 0 Å². The summed E-state index contributed by atoms with van der Waals surface area (Å²) >= 11 is 0. The predicted octanol–water partition coefficient (Wildman–Crippen LogP) is 2.12. The highest BCUT2D eigenvalue weighted by atomic mass is 19.1. The Bertz CT molecular complexity index is 587. The van der Waals surface area contributed by atoms with Crippen LogP contribution in [-0.4, -0.2) is 10.2 Å². The summed E-state index contributed by atoms with van der Waals surface area (Å²) in [5, 5.41) is 6.49. The summed E-state index contributed by atoms with van der Waals surface area (Å²) in [5.74, 6) is -0.254. The molecule has 1 N–H and O–H groups in total. The van der Waals surface area contributed by atoms with Crippen LogP contribution in [0.25, 0.3) is 0 Å². The molecule has 2 rings (SSSR count). The second kappa shape index (κ2) is 4.49. The average molecular weight is 232 g/mol. The van der Waals surface area contributed by atoms with Gasteiger partial charge in [0, 0.05) is 12.0 Å². The lowest BCUT2D eigenvalue weighted by molar-refractivity contribution is 0.627. The molecule has 0 spiro atoms. The van der Waals surface area contributed by atoms with Crippen molar-refractivity contribution in [3.8, 4) is 0 Å². The van der Waals surface area contributed by atoms with E-state index in [4.69, 9.17) is 0 Å². The second-order valence-electron chi connectivity index (χ2n) is 4.05. The van der Waals surface area contributed by atoms with Gasteiger partial charge in [-0.05, 0) is 37.1 Å². The van der Waals surface area contributed by atoms with E-state index in [0.717, 1.165) is 16.8 Å². The number of nitrogens with zero attached hydrogens (tertiary/aromatic N) is 1. The monoisotopic (exact) mass is 232 g/mol. The van der Waals surface area contributed by atoms with Crippen molar-refractivity contribution in [1.82, 2.24) is 10.2 Å². The number of benzene rings is 1. The van der Waals surface area contributed by atoms with Crippen molar-refractivity contribution in [2.45, 2.75) is 20.3 Å². The van der Waals surface area contributed by atoms with Gasteiger partial charge < -0.3 is 0 Å². The molecule has 0 bridgehead atoms. The lowest BCUT2D eigenvalue weighted by Gasteiger charge is -2.06. The van der Waals surface area contributed by atoms with E-state index < -0.39 is 0 Å². The number of H-pyrrole nitrogens is 1. The van der Waals surface area contributed by atoms with Crippen molar-refractivity contribution in [3.63, 3.8) is 0 Å². The quantitative estimate of drug-likeness (QED) is 0.862. The minimum absolute atomic E-state index is 0.162. The smallest absolute Gasteiger partial charge is 0.267 e. The fourth-order valence-corrected chi connectivity index (χ4v) is 1.64. The zero-order chi connectivity index (χ0) is 12.4. The van der Waals surface area contributed by atoms with Gasteiger partial charge in [-0.25, -0.2) is 9.49 Å². The van der Waals surface area contributed by atoms with Crippen LogP contribution in [-0.2, 0) is 6.42 Å². The summed E-state index contributed by atoms with van der Waals surface area (Å²) in [6.07, 6.45) is 0.587. The molecule has 0 aliphatic rings. The molecule has 88 valence electrons. The minimum Gasteiger partial charge on any atom is -0.268 e. The molecule has 1 aromatic heterocycles. The topological polar surface area (TPSA) is 45.8 Å². The molecule has 0 saturated heterocycles. The van der Waals surface area contributed by atoms with Gasteiger partial charge in [-0.15, -0.1) is 0 Å². The first kappa shape index (κ1) is 11.5. The first-order valence-corrected chi connectivity index (χ1v) is 5.37. The highest BCUT2D eigenvalue weighted by molar-refractivity contribution is 5.30. The fourth-order valence-electron chi connectivity index (χ4n) is 1.64. The molecule has 0 radical (unpaired) electrons. The first-order chi connectivity index (χ1) is 8.08. The summed E-state index contributed by atoms with van der Waals surface area (Å²) in [6.45, 7) is 3.64. The van der Waals surface area contributed by atoms with Gasteiger partial charge in [0.15, 0.2) is 0 Å². The zero-order valence-electron chi connectivity index (χ0n) is 9.75. The van der Waals surface area contributed by atoms with E-state index in [9.17, 15) is 9.18 Å². The van der Waals surface area contributed by atoms with Gasteiger partial charge in [0.05, 0.1) is 5.69 Å². The maximum atomic E-state index is 12.8.